The minimum absolute atomic E-state index is 0.224. The quantitative estimate of drug-likeness (QED) is 0.523. The summed E-state index contributed by atoms with van der Waals surface area (Å²) in [6, 6.07) is 4.91. The van der Waals surface area contributed by atoms with E-state index in [4.69, 9.17) is 4.42 Å². The summed E-state index contributed by atoms with van der Waals surface area (Å²) in [5.74, 6) is 0.396. The number of halogens is 1. The van der Waals surface area contributed by atoms with Crippen LogP contribution < -0.4 is 5.32 Å². The molecule has 0 spiro atoms. The van der Waals surface area contributed by atoms with Crippen LogP contribution in [0.5, 0.6) is 0 Å². The third-order valence-corrected chi connectivity index (χ3v) is 5.67. The molecule has 0 unspecified atom stereocenters. The fourth-order valence-electron chi connectivity index (χ4n) is 3.83. The second-order valence-corrected chi connectivity index (χ2v) is 7.98. The van der Waals surface area contributed by atoms with Crippen LogP contribution >= 0.6 is 0 Å². The van der Waals surface area contributed by atoms with Gasteiger partial charge in [0, 0.05) is 35.5 Å². The van der Waals surface area contributed by atoms with Gasteiger partial charge in [-0.05, 0) is 56.6 Å². The SMILES string of the molecule is CN1CCC(c2nc(C(=O)Nc3cc4cc(-c5cncc(F)c5)ncc4cn3)co2)CC1. The number of carbonyl (C=O) groups is 1. The molecule has 1 fully saturated rings. The monoisotopic (exact) mass is 432 g/mol. The third kappa shape index (κ3) is 4.19. The summed E-state index contributed by atoms with van der Waals surface area (Å²) in [4.78, 5) is 31.9. The number of amides is 1. The van der Waals surface area contributed by atoms with Gasteiger partial charge in [-0.15, -0.1) is 0 Å². The molecule has 162 valence electrons. The van der Waals surface area contributed by atoms with E-state index in [1.807, 2.05) is 0 Å². The highest BCUT2D eigenvalue weighted by atomic mass is 19.1. The fraction of sp³-hybridized carbons (Fsp3) is 0.261. The highest BCUT2D eigenvalue weighted by molar-refractivity contribution is 6.03. The van der Waals surface area contributed by atoms with Crippen molar-refractivity contribution in [2.75, 3.05) is 25.5 Å². The molecular formula is C23H21FN6O2. The van der Waals surface area contributed by atoms with Gasteiger partial charge in [0.1, 0.15) is 17.9 Å². The molecule has 5 rings (SSSR count). The van der Waals surface area contributed by atoms with E-state index < -0.39 is 5.82 Å². The molecule has 9 heteroatoms. The molecule has 5 heterocycles. The number of anilines is 1. The molecule has 1 saturated heterocycles. The molecule has 8 nitrogen and oxygen atoms in total. The number of hydrogen-bond acceptors (Lipinski definition) is 7. The topological polar surface area (TPSA) is 97.0 Å². The summed E-state index contributed by atoms with van der Waals surface area (Å²) in [6.45, 7) is 1.97. The van der Waals surface area contributed by atoms with E-state index in [0.29, 0.717) is 23.0 Å². The molecule has 0 bridgehead atoms. The van der Waals surface area contributed by atoms with E-state index in [2.05, 4.69) is 37.2 Å². The number of fused-ring (bicyclic) bond motifs is 1. The third-order valence-electron chi connectivity index (χ3n) is 5.67. The second-order valence-electron chi connectivity index (χ2n) is 7.98. The molecule has 1 amide bonds. The Morgan fingerprint density at radius 2 is 1.91 bits per heavy atom. The minimum atomic E-state index is -0.431. The normalized spacial score (nSPS) is 15.2. The largest absolute Gasteiger partial charge is 0.448 e. The number of nitrogens with one attached hydrogen (secondary N) is 1. The van der Waals surface area contributed by atoms with E-state index in [-0.39, 0.29) is 17.5 Å². The van der Waals surface area contributed by atoms with Gasteiger partial charge in [0.2, 0.25) is 0 Å². The number of oxazole rings is 1. The lowest BCUT2D eigenvalue weighted by Crippen LogP contribution is -2.29. The zero-order chi connectivity index (χ0) is 22.1. The van der Waals surface area contributed by atoms with Crippen molar-refractivity contribution in [1.29, 1.82) is 0 Å². The van der Waals surface area contributed by atoms with Crippen molar-refractivity contribution in [2.45, 2.75) is 18.8 Å². The van der Waals surface area contributed by atoms with E-state index in [1.165, 1.54) is 12.3 Å². The van der Waals surface area contributed by atoms with Crippen LogP contribution in [-0.4, -0.2) is 50.9 Å². The van der Waals surface area contributed by atoms with Gasteiger partial charge < -0.3 is 14.6 Å². The van der Waals surface area contributed by atoms with Gasteiger partial charge in [0.25, 0.3) is 5.91 Å². The minimum Gasteiger partial charge on any atom is -0.448 e. The first-order valence-corrected chi connectivity index (χ1v) is 10.4. The van der Waals surface area contributed by atoms with Crippen molar-refractivity contribution in [3.05, 3.63) is 66.7 Å². The molecule has 0 atom stereocenters. The first kappa shape index (κ1) is 20.2. The van der Waals surface area contributed by atoms with Crippen LogP contribution in [0.1, 0.15) is 35.1 Å². The van der Waals surface area contributed by atoms with Crippen LogP contribution in [0.4, 0.5) is 10.2 Å². The summed E-state index contributed by atoms with van der Waals surface area (Å²) in [7, 11) is 2.09. The van der Waals surface area contributed by atoms with Crippen LogP contribution in [0, 0.1) is 5.82 Å². The van der Waals surface area contributed by atoms with Crippen LogP contribution in [0.2, 0.25) is 0 Å². The van der Waals surface area contributed by atoms with E-state index in [0.717, 1.165) is 42.9 Å². The lowest BCUT2D eigenvalue weighted by molar-refractivity contribution is 0.102. The summed E-state index contributed by atoms with van der Waals surface area (Å²) in [5, 5.41) is 4.36. The summed E-state index contributed by atoms with van der Waals surface area (Å²) in [5.41, 5.74) is 1.37. The van der Waals surface area contributed by atoms with Crippen LogP contribution in [0.3, 0.4) is 0 Å². The lowest BCUT2D eigenvalue weighted by atomic mass is 9.97. The summed E-state index contributed by atoms with van der Waals surface area (Å²) >= 11 is 0. The first-order chi connectivity index (χ1) is 15.5. The number of likely N-dealkylation sites (tertiary alicyclic amines) is 1. The van der Waals surface area contributed by atoms with E-state index in [9.17, 15) is 9.18 Å². The van der Waals surface area contributed by atoms with Gasteiger partial charge in [-0.25, -0.2) is 14.4 Å². The summed E-state index contributed by atoms with van der Waals surface area (Å²) in [6.07, 6.45) is 9.28. The van der Waals surface area contributed by atoms with Crippen molar-refractivity contribution >= 4 is 22.5 Å². The van der Waals surface area contributed by atoms with Crippen LogP contribution in [-0.2, 0) is 0 Å². The fourth-order valence-corrected chi connectivity index (χ4v) is 3.83. The molecule has 1 aliphatic heterocycles. The Morgan fingerprint density at radius 1 is 1.09 bits per heavy atom. The Labute approximate surface area is 183 Å². The summed E-state index contributed by atoms with van der Waals surface area (Å²) < 4.78 is 19.1. The number of nitrogens with zero attached hydrogens (tertiary/aromatic N) is 5. The predicted molar refractivity (Wildman–Crippen MR) is 117 cm³/mol. The van der Waals surface area contributed by atoms with Crippen molar-refractivity contribution in [1.82, 2.24) is 24.8 Å². The maximum absolute atomic E-state index is 13.5. The Kier molecular flexibility index (Phi) is 5.32. The number of piperidine rings is 1. The van der Waals surface area contributed by atoms with E-state index >= 15 is 0 Å². The zero-order valence-electron chi connectivity index (χ0n) is 17.5. The van der Waals surface area contributed by atoms with Crippen LogP contribution in [0.15, 0.2) is 53.7 Å². The second kappa shape index (κ2) is 8.43. The molecule has 1 aliphatic rings. The molecule has 4 aromatic rings. The molecule has 0 saturated carbocycles. The van der Waals surface area contributed by atoms with Gasteiger partial charge >= 0.3 is 0 Å². The van der Waals surface area contributed by atoms with Crippen molar-refractivity contribution in [3.8, 4) is 11.3 Å². The number of carbonyl (C=O) groups excluding carboxylic acids is 1. The van der Waals surface area contributed by atoms with Crippen molar-refractivity contribution in [2.24, 2.45) is 0 Å². The molecule has 0 radical (unpaired) electrons. The van der Waals surface area contributed by atoms with Gasteiger partial charge in [-0.3, -0.25) is 14.8 Å². The first-order valence-electron chi connectivity index (χ1n) is 10.4. The predicted octanol–water partition coefficient (Wildman–Crippen LogP) is 3.88. The van der Waals surface area contributed by atoms with Gasteiger partial charge in [0.15, 0.2) is 11.6 Å². The van der Waals surface area contributed by atoms with Crippen molar-refractivity contribution < 1.29 is 13.6 Å². The zero-order valence-corrected chi connectivity index (χ0v) is 17.5. The smallest absolute Gasteiger partial charge is 0.278 e. The molecule has 0 aliphatic carbocycles. The lowest BCUT2D eigenvalue weighted by Gasteiger charge is -2.26. The van der Waals surface area contributed by atoms with Crippen LogP contribution in [0.25, 0.3) is 22.0 Å². The average molecular weight is 432 g/mol. The Hall–Kier alpha value is -3.72. The number of rotatable bonds is 4. The Morgan fingerprint density at radius 3 is 2.72 bits per heavy atom. The molecule has 1 N–H and O–H groups in total. The number of pyridine rings is 3. The maximum atomic E-state index is 13.5. The standard InChI is InChI=1S/C23H21FN6O2/c1-30-4-2-14(3-5-30)23-28-20(13-32-23)22(31)29-21-8-15-7-19(26-10-17(15)11-27-21)16-6-18(24)12-25-9-16/h6-14H,2-5H2,1H3,(H,27,29,31). The van der Waals surface area contributed by atoms with Crippen molar-refractivity contribution in [3.63, 3.8) is 0 Å². The van der Waals surface area contributed by atoms with Gasteiger partial charge in [-0.1, -0.05) is 0 Å². The molecular weight excluding hydrogens is 411 g/mol. The molecule has 32 heavy (non-hydrogen) atoms. The number of aromatic nitrogens is 4. The molecule has 0 aromatic carbocycles. The molecule has 4 aromatic heterocycles. The average Bonchev–Trinajstić information content (AvgIpc) is 3.30. The maximum Gasteiger partial charge on any atom is 0.278 e. The van der Waals surface area contributed by atoms with Gasteiger partial charge in [0.05, 0.1) is 11.9 Å². The van der Waals surface area contributed by atoms with E-state index in [1.54, 1.807) is 30.7 Å². The van der Waals surface area contributed by atoms with Gasteiger partial charge in [-0.2, -0.15) is 0 Å². The highest BCUT2D eigenvalue weighted by Gasteiger charge is 2.24. The highest BCUT2D eigenvalue weighted by Crippen LogP contribution is 2.27. The Balaban J connectivity index is 1.34. The Bertz CT molecular complexity index is 1280. The number of hydrogen-bond donors (Lipinski definition) is 1.